The summed E-state index contributed by atoms with van der Waals surface area (Å²) >= 11 is 3.39. The Labute approximate surface area is 132 Å². The van der Waals surface area contributed by atoms with Crippen molar-refractivity contribution in [2.24, 2.45) is 0 Å². The molecule has 0 aromatic heterocycles. The minimum Gasteiger partial charge on any atom is -0.347 e. The van der Waals surface area contributed by atoms with Gasteiger partial charge in [-0.1, -0.05) is 64.5 Å². The highest BCUT2D eigenvalue weighted by molar-refractivity contribution is 9.10. The second-order valence-electron chi connectivity index (χ2n) is 4.36. The molecule has 0 radical (unpaired) electrons. The number of rotatable bonds is 4. The van der Waals surface area contributed by atoms with Gasteiger partial charge in [-0.25, -0.2) is 0 Å². The summed E-state index contributed by atoms with van der Waals surface area (Å²) in [4.78, 5) is 12.0. The number of carbonyl (C=O) groups excluding carboxylic acids is 1. The molecule has 0 bridgehead atoms. The maximum Gasteiger partial charge on any atom is 0.262 e. The van der Waals surface area contributed by atoms with E-state index < -0.39 is 0 Å². The second kappa shape index (κ2) is 7.41. The highest BCUT2D eigenvalue weighted by atomic mass is 79.9. The molecular formula is C17H13BrN2O. The van der Waals surface area contributed by atoms with Crippen molar-refractivity contribution < 1.29 is 4.79 Å². The Kier molecular flexibility index (Phi) is 5.30. The molecule has 3 nitrogen and oxygen atoms in total. The fourth-order valence-corrected chi connectivity index (χ4v) is 2.17. The van der Waals surface area contributed by atoms with Crippen LogP contribution in [0, 0.1) is 11.3 Å². The zero-order chi connectivity index (χ0) is 15.1. The molecule has 2 aromatic carbocycles. The van der Waals surface area contributed by atoms with Crippen molar-refractivity contribution >= 4 is 27.9 Å². The summed E-state index contributed by atoms with van der Waals surface area (Å²) in [7, 11) is 0. The van der Waals surface area contributed by atoms with Gasteiger partial charge in [0.05, 0.1) is 0 Å². The fraction of sp³-hybridized carbons (Fsp3) is 0.0588. The molecule has 0 fully saturated rings. The van der Waals surface area contributed by atoms with Gasteiger partial charge in [-0.3, -0.25) is 4.79 Å². The third kappa shape index (κ3) is 4.30. The molecule has 0 atom stereocenters. The first-order valence-corrected chi connectivity index (χ1v) is 7.18. The molecule has 21 heavy (non-hydrogen) atoms. The van der Waals surface area contributed by atoms with Crippen LogP contribution in [0.2, 0.25) is 0 Å². The Bertz CT molecular complexity index is 702. The molecular weight excluding hydrogens is 328 g/mol. The Hall–Kier alpha value is -2.38. The van der Waals surface area contributed by atoms with E-state index in [1.165, 1.54) is 0 Å². The number of benzene rings is 2. The van der Waals surface area contributed by atoms with Crippen molar-refractivity contribution in [3.05, 3.63) is 75.8 Å². The summed E-state index contributed by atoms with van der Waals surface area (Å²) in [6.07, 6.45) is 1.57. The van der Waals surface area contributed by atoms with Crippen LogP contribution in [0.1, 0.15) is 11.1 Å². The largest absolute Gasteiger partial charge is 0.347 e. The van der Waals surface area contributed by atoms with Gasteiger partial charge in [0.1, 0.15) is 11.6 Å². The van der Waals surface area contributed by atoms with Crippen LogP contribution < -0.4 is 5.32 Å². The third-order valence-electron chi connectivity index (χ3n) is 2.87. The Morgan fingerprint density at radius 3 is 2.48 bits per heavy atom. The van der Waals surface area contributed by atoms with Crippen molar-refractivity contribution in [1.82, 2.24) is 5.32 Å². The van der Waals surface area contributed by atoms with E-state index in [9.17, 15) is 4.79 Å². The van der Waals surface area contributed by atoms with E-state index in [0.717, 1.165) is 15.6 Å². The van der Waals surface area contributed by atoms with E-state index in [4.69, 9.17) is 5.26 Å². The van der Waals surface area contributed by atoms with E-state index in [0.29, 0.717) is 6.54 Å². The van der Waals surface area contributed by atoms with Crippen molar-refractivity contribution in [3.8, 4) is 6.07 Å². The van der Waals surface area contributed by atoms with Gasteiger partial charge in [0.2, 0.25) is 0 Å². The molecule has 2 aromatic rings. The predicted octanol–water partition coefficient (Wildman–Crippen LogP) is 3.67. The smallest absolute Gasteiger partial charge is 0.262 e. The number of halogens is 1. The van der Waals surface area contributed by atoms with Gasteiger partial charge in [-0.2, -0.15) is 5.26 Å². The van der Waals surface area contributed by atoms with Gasteiger partial charge in [-0.15, -0.1) is 0 Å². The summed E-state index contributed by atoms with van der Waals surface area (Å²) in [5.41, 5.74) is 1.87. The first-order valence-electron chi connectivity index (χ1n) is 6.39. The van der Waals surface area contributed by atoms with Gasteiger partial charge < -0.3 is 5.32 Å². The summed E-state index contributed by atoms with van der Waals surface area (Å²) in [6, 6.07) is 18.9. The molecule has 0 saturated carbocycles. The fourth-order valence-electron chi connectivity index (χ4n) is 1.77. The molecule has 1 N–H and O–H groups in total. The van der Waals surface area contributed by atoms with Crippen LogP contribution in [0.5, 0.6) is 0 Å². The first kappa shape index (κ1) is 15.0. The molecule has 0 saturated heterocycles. The number of amides is 1. The van der Waals surface area contributed by atoms with Gasteiger partial charge in [0.15, 0.2) is 0 Å². The molecule has 2 rings (SSSR count). The van der Waals surface area contributed by atoms with Crippen LogP contribution in [-0.4, -0.2) is 5.91 Å². The van der Waals surface area contributed by atoms with Crippen molar-refractivity contribution in [1.29, 1.82) is 5.26 Å². The zero-order valence-corrected chi connectivity index (χ0v) is 12.8. The average molecular weight is 341 g/mol. The standard InChI is InChI=1S/C17H13BrN2O/c18-16-9-5-4-8-14(16)10-15(11-19)17(21)20-12-13-6-2-1-3-7-13/h1-10H,12H2,(H,20,21)/b15-10-. The lowest BCUT2D eigenvalue weighted by molar-refractivity contribution is -0.117. The lowest BCUT2D eigenvalue weighted by Crippen LogP contribution is -2.23. The number of nitrogens with one attached hydrogen (secondary N) is 1. The quantitative estimate of drug-likeness (QED) is 0.681. The molecule has 0 spiro atoms. The van der Waals surface area contributed by atoms with Crippen molar-refractivity contribution in [3.63, 3.8) is 0 Å². The molecule has 0 heterocycles. The average Bonchev–Trinajstić information content (AvgIpc) is 2.53. The second-order valence-corrected chi connectivity index (χ2v) is 5.21. The summed E-state index contributed by atoms with van der Waals surface area (Å²) < 4.78 is 0.841. The van der Waals surface area contributed by atoms with E-state index >= 15 is 0 Å². The van der Waals surface area contributed by atoms with Crippen molar-refractivity contribution in [2.45, 2.75) is 6.54 Å². The number of nitrogens with zero attached hydrogens (tertiary/aromatic N) is 1. The molecule has 0 aliphatic carbocycles. The number of hydrogen-bond acceptors (Lipinski definition) is 2. The molecule has 104 valence electrons. The Morgan fingerprint density at radius 2 is 1.81 bits per heavy atom. The lowest BCUT2D eigenvalue weighted by atomic mass is 10.1. The highest BCUT2D eigenvalue weighted by Crippen LogP contribution is 2.18. The summed E-state index contributed by atoms with van der Waals surface area (Å²) in [5, 5.41) is 11.9. The molecule has 0 aliphatic heterocycles. The topological polar surface area (TPSA) is 52.9 Å². The zero-order valence-electron chi connectivity index (χ0n) is 11.2. The van der Waals surface area contributed by atoms with Crippen LogP contribution in [0.15, 0.2) is 64.6 Å². The van der Waals surface area contributed by atoms with E-state index in [-0.39, 0.29) is 11.5 Å². The van der Waals surface area contributed by atoms with Crippen molar-refractivity contribution in [2.75, 3.05) is 0 Å². The summed E-state index contributed by atoms with van der Waals surface area (Å²) in [5.74, 6) is -0.378. The Balaban J connectivity index is 2.09. The number of carbonyl (C=O) groups is 1. The van der Waals surface area contributed by atoms with Gasteiger partial charge >= 0.3 is 0 Å². The number of nitriles is 1. The third-order valence-corrected chi connectivity index (χ3v) is 3.59. The minimum atomic E-state index is -0.378. The van der Waals surface area contributed by atoms with Crippen LogP contribution in [0.3, 0.4) is 0 Å². The lowest BCUT2D eigenvalue weighted by Gasteiger charge is -2.05. The Morgan fingerprint density at radius 1 is 1.14 bits per heavy atom. The van der Waals surface area contributed by atoms with Crippen LogP contribution in [0.4, 0.5) is 0 Å². The molecule has 0 unspecified atom stereocenters. The van der Waals surface area contributed by atoms with Gasteiger partial charge in [0.25, 0.3) is 5.91 Å². The summed E-state index contributed by atoms with van der Waals surface area (Å²) in [6.45, 7) is 0.397. The predicted molar refractivity (Wildman–Crippen MR) is 86.0 cm³/mol. The monoisotopic (exact) mass is 340 g/mol. The van der Waals surface area contributed by atoms with E-state index in [2.05, 4.69) is 21.2 Å². The van der Waals surface area contributed by atoms with Crippen LogP contribution >= 0.6 is 15.9 Å². The highest BCUT2D eigenvalue weighted by Gasteiger charge is 2.09. The van der Waals surface area contributed by atoms with Crippen LogP contribution in [-0.2, 0) is 11.3 Å². The van der Waals surface area contributed by atoms with Gasteiger partial charge in [0, 0.05) is 11.0 Å². The molecule has 1 amide bonds. The van der Waals surface area contributed by atoms with Gasteiger partial charge in [-0.05, 0) is 23.3 Å². The normalized spacial score (nSPS) is 10.8. The van der Waals surface area contributed by atoms with E-state index in [1.807, 2.05) is 60.7 Å². The SMILES string of the molecule is N#C/C(=C/c1ccccc1Br)C(=O)NCc1ccccc1. The maximum absolute atomic E-state index is 12.0. The minimum absolute atomic E-state index is 0.0813. The van der Waals surface area contributed by atoms with E-state index in [1.54, 1.807) is 6.08 Å². The number of hydrogen-bond donors (Lipinski definition) is 1. The van der Waals surface area contributed by atoms with Crippen LogP contribution in [0.25, 0.3) is 6.08 Å². The maximum atomic E-state index is 12.0. The molecule has 4 heteroatoms. The first-order chi connectivity index (χ1) is 10.2. The molecule has 0 aliphatic rings.